The zero-order valence-electron chi connectivity index (χ0n) is 61.7. The summed E-state index contributed by atoms with van der Waals surface area (Å²) in [6, 6.07) is 68.1. The van der Waals surface area contributed by atoms with E-state index < -0.39 is 29.8 Å². The third kappa shape index (κ3) is 26.4. The summed E-state index contributed by atoms with van der Waals surface area (Å²) >= 11 is 32.5. The van der Waals surface area contributed by atoms with Crippen LogP contribution in [-0.2, 0) is 23.7 Å². The van der Waals surface area contributed by atoms with Crippen LogP contribution in [0, 0.1) is 0 Å². The van der Waals surface area contributed by atoms with Gasteiger partial charge in [-0.05, 0) is 202 Å². The minimum Gasteiger partial charge on any atom is -0.496 e. The fraction of sp³-hybridized carbons (Fsp3) is 0.151. The zero-order valence-corrected chi connectivity index (χ0v) is 67.0. The highest BCUT2D eigenvalue weighted by Gasteiger charge is 2.20. The molecule has 0 aliphatic rings. The third-order valence-corrected chi connectivity index (χ3v) is 17.7. The topological polar surface area (TPSA) is 252 Å². The van der Waals surface area contributed by atoms with Crippen LogP contribution in [0.2, 0.25) is 25.1 Å². The third-order valence-electron chi connectivity index (χ3n) is 15.9. The molecular weight excluding hydrogens is 1590 g/mol. The molecule has 2 N–H and O–H groups in total. The highest BCUT2D eigenvalue weighted by Crippen LogP contribution is 2.35. The van der Waals surface area contributed by atoms with Gasteiger partial charge in [-0.25, -0.2) is 24.0 Å². The molecule has 25 heteroatoms. The number of aromatic carboxylic acids is 2. The van der Waals surface area contributed by atoms with Crippen molar-refractivity contribution in [2.75, 3.05) is 70.6 Å². The number of benzene rings is 11. The predicted octanol–water partition coefficient (Wildman–Crippen LogP) is 21.8. The van der Waals surface area contributed by atoms with Crippen LogP contribution >= 0.6 is 73.9 Å². The molecule has 0 atom stereocenters. The molecular formula is C86H76BrCl5O19. The molecule has 0 heterocycles. The number of carboxylic acids is 2. The number of rotatable bonds is 21. The molecule has 0 spiro atoms. The van der Waals surface area contributed by atoms with Crippen molar-refractivity contribution < 1.29 is 91.1 Å². The number of carbonyl (C=O) groups excluding carboxylic acids is 5. The Bertz CT molecular complexity index is 4770. The summed E-state index contributed by atoms with van der Waals surface area (Å²) in [5, 5.41) is 21.3. The summed E-state index contributed by atoms with van der Waals surface area (Å²) in [6.45, 7) is 2.05. The number of Topliss-reactive ketones (excluding diaryl/α,β-unsaturated/α-hetero) is 1. The van der Waals surface area contributed by atoms with Crippen LogP contribution in [-0.4, -0.2) is 122 Å². The molecule has 0 aromatic heterocycles. The Balaban J connectivity index is 0.000000209. The molecule has 11 aromatic carbocycles. The first-order valence-electron chi connectivity index (χ1n) is 33.2. The maximum absolute atomic E-state index is 12.3. The number of carboxylic acid groups (broad SMARTS) is 2. The standard InChI is InChI=1S/C19H19ClO4.2C15H13ClO3.2C14H11ClO3.C9H9BrO3/c1-3-24-19(22)11-10-17(21)16-9-6-14(12-18(16)23-2)13-4-7-15(20)8-5-13;2*1-18-14-9-11(5-8-13(14)15(17)19-2)10-3-6-12(16)7-4-10;2*1-18-13-8-10(4-7-12(13)14(16)17)9-2-5-11(15)6-3-9;1-12-8-5-6(10)3-4-7(8)9(11)13-2/h4-9,12H,3,10-11H2,1-2H3;2*3-9H,1-2H3;2*2-8H,1H3,(H,16,17);3-5H,1-2H3. The van der Waals surface area contributed by atoms with E-state index in [1.54, 1.807) is 110 Å². The first kappa shape index (κ1) is 88.5. The van der Waals surface area contributed by atoms with Crippen molar-refractivity contribution in [3.8, 4) is 90.1 Å². The molecule has 0 saturated heterocycles. The number of hydrogen-bond acceptors (Lipinski definition) is 17. The van der Waals surface area contributed by atoms with Crippen molar-refractivity contribution in [1.29, 1.82) is 0 Å². The van der Waals surface area contributed by atoms with Crippen LogP contribution in [0.5, 0.6) is 34.5 Å². The highest BCUT2D eigenvalue weighted by molar-refractivity contribution is 9.10. The Labute approximate surface area is 676 Å². The van der Waals surface area contributed by atoms with Gasteiger partial charge in [-0.2, -0.15) is 0 Å². The lowest BCUT2D eigenvalue weighted by molar-refractivity contribution is -0.143. The average Bonchev–Trinajstić information content (AvgIpc) is 0.847. The van der Waals surface area contributed by atoms with Gasteiger partial charge in [-0.15, -0.1) is 0 Å². The molecule has 0 unspecified atom stereocenters. The number of carbonyl (C=O) groups is 7. The molecule has 0 amide bonds. The molecule has 0 aliphatic carbocycles. The lowest BCUT2D eigenvalue weighted by Gasteiger charge is -2.10. The lowest BCUT2D eigenvalue weighted by Crippen LogP contribution is -2.09. The van der Waals surface area contributed by atoms with E-state index in [1.807, 2.05) is 115 Å². The van der Waals surface area contributed by atoms with Crippen LogP contribution in [0.4, 0.5) is 0 Å². The maximum atomic E-state index is 12.3. The molecule has 11 aromatic rings. The smallest absolute Gasteiger partial charge is 0.341 e. The van der Waals surface area contributed by atoms with Crippen LogP contribution in [0.1, 0.15) is 81.9 Å². The van der Waals surface area contributed by atoms with Gasteiger partial charge in [0.15, 0.2) is 5.78 Å². The Hall–Kier alpha value is -11.4. The molecule has 19 nitrogen and oxygen atoms in total. The van der Waals surface area contributed by atoms with Gasteiger partial charge in [0, 0.05) is 36.0 Å². The van der Waals surface area contributed by atoms with Crippen molar-refractivity contribution in [2.24, 2.45) is 0 Å². The summed E-state index contributed by atoms with van der Waals surface area (Å²) in [6.07, 6.45) is 0.157. The first-order valence-corrected chi connectivity index (χ1v) is 35.9. The van der Waals surface area contributed by atoms with E-state index in [-0.39, 0.29) is 35.7 Å². The number of ketones is 1. The predicted molar refractivity (Wildman–Crippen MR) is 436 cm³/mol. The van der Waals surface area contributed by atoms with Crippen molar-refractivity contribution in [3.05, 3.63) is 293 Å². The number of esters is 4. The molecule has 0 radical (unpaired) electrons. The van der Waals surface area contributed by atoms with E-state index in [2.05, 4.69) is 20.7 Å². The Morgan fingerprint density at radius 2 is 0.505 bits per heavy atom. The van der Waals surface area contributed by atoms with Crippen molar-refractivity contribution >= 4 is 116 Å². The number of halogens is 6. The Kier molecular flexibility index (Phi) is 35.9. The van der Waals surface area contributed by atoms with Crippen LogP contribution < -0.4 is 28.4 Å². The lowest BCUT2D eigenvalue weighted by atomic mass is 9.99. The molecule has 0 bridgehead atoms. The van der Waals surface area contributed by atoms with Gasteiger partial charge in [0.2, 0.25) is 0 Å². The molecule has 576 valence electrons. The molecule has 0 fully saturated rings. The fourth-order valence-corrected chi connectivity index (χ4v) is 11.2. The van der Waals surface area contributed by atoms with E-state index in [1.165, 1.54) is 76.1 Å². The van der Waals surface area contributed by atoms with E-state index in [0.717, 1.165) is 60.1 Å². The fourth-order valence-electron chi connectivity index (χ4n) is 10.2. The van der Waals surface area contributed by atoms with Gasteiger partial charge in [0.25, 0.3) is 0 Å². The zero-order chi connectivity index (χ0) is 81.3. The second-order valence-electron chi connectivity index (χ2n) is 22.8. The van der Waals surface area contributed by atoms with E-state index >= 15 is 0 Å². The number of ether oxygens (including phenoxy) is 10. The van der Waals surface area contributed by atoms with Gasteiger partial charge in [0.1, 0.15) is 62.3 Å². The van der Waals surface area contributed by atoms with Crippen molar-refractivity contribution in [2.45, 2.75) is 19.8 Å². The Morgan fingerprint density at radius 3 is 0.748 bits per heavy atom. The first-order chi connectivity index (χ1) is 53.3. The largest absolute Gasteiger partial charge is 0.496 e. The summed E-state index contributed by atoms with van der Waals surface area (Å²) < 4.78 is 50.7. The second-order valence-corrected chi connectivity index (χ2v) is 25.9. The van der Waals surface area contributed by atoms with Crippen LogP contribution in [0.15, 0.2) is 235 Å². The Morgan fingerprint density at radius 1 is 0.288 bits per heavy atom. The highest BCUT2D eigenvalue weighted by atomic mass is 79.9. The maximum Gasteiger partial charge on any atom is 0.341 e. The molecule has 111 heavy (non-hydrogen) atoms. The molecule has 11 rings (SSSR count). The van der Waals surface area contributed by atoms with Gasteiger partial charge < -0.3 is 57.6 Å². The van der Waals surface area contributed by atoms with E-state index in [0.29, 0.717) is 88.5 Å². The van der Waals surface area contributed by atoms with Gasteiger partial charge in [-0.1, -0.05) is 165 Å². The molecule has 0 saturated carbocycles. The van der Waals surface area contributed by atoms with Crippen molar-refractivity contribution in [3.63, 3.8) is 0 Å². The minimum absolute atomic E-state index is 0.0642. The summed E-state index contributed by atoms with van der Waals surface area (Å²) in [5.74, 6) is -1.13. The van der Waals surface area contributed by atoms with Crippen molar-refractivity contribution in [1.82, 2.24) is 0 Å². The van der Waals surface area contributed by atoms with E-state index in [4.69, 9.17) is 111 Å². The van der Waals surface area contributed by atoms with Gasteiger partial charge in [-0.3, -0.25) is 9.59 Å². The SMILES string of the molecule is CCOC(=O)CCC(=O)c1ccc(-c2ccc(Cl)cc2)cc1OC.COC(=O)c1ccc(-c2ccc(Cl)cc2)cc1OC.COC(=O)c1ccc(-c2ccc(Cl)cc2)cc1OC.COC(=O)c1ccc(Br)cc1OC.COc1cc(-c2ccc(Cl)cc2)ccc1C(=O)O.COc1cc(-c2ccc(Cl)cc2)ccc1C(=O)O. The number of methoxy groups -OCH3 is 9. The second kappa shape index (κ2) is 45.0. The van der Waals surface area contributed by atoms with Crippen LogP contribution in [0.25, 0.3) is 55.6 Å². The van der Waals surface area contributed by atoms with E-state index in [9.17, 15) is 33.6 Å². The summed E-state index contributed by atoms with van der Waals surface area (Å²) in [4.78, 5) is 80.0. The molecule has 0 aliphatic heterocycles. The number of hydrogen-bond donors (Lipinski definition) is 2. The quantitative estimate of drug-likeness (QED) is 0.0385. The monoisotopic (exact) mass is 1670 g/mol. The normalized spacial score (nSPS) is 10.1. The summed E-state index contributed by atoms with van der Waals surface area (Å²) in [5.41, 5.74) is 11.4. The average molecular weight is 1670 g/mol. The van der Waals surface area contributed by atoms with Gasteiger partial charge in [0.05, 0.1) is 82.6 Å². The van der Waals surface area contributed by atoms with Crippen LogP contribution in [0.3, 0.4) is 0 Å². The summed E-state index contributed by atoms with van der Waals surface area (Å²) in [7, 11) is 13.0. The minimum atomic E-state index is -1.01. The van der Waals surface area contributed by atoms with Gasteiger partial charge >= 0.3 is 35.8 Å².